The van der Waals surface area contributed by atoms with Crippen molar-refractivity contribution in [2.24, 2.45) is 4.99 Å². The van der Waals surface area contributed by atoms with Gasteiger partial charge in [-0.1, -0.05) is 36.9 Å². The fourth-order valence-electron chi connectivity index (χ4n) is 2.11. The van der Waals surface area contributed by atoms with Gasteiger partial charge in [0.15, 0.2) is 5.17 Å². The van der Waals surface area contributed by atoms with Gasteiger partial charge in [-0.3, -0.25) is 9.79 Å². The number of amides is 1. The van der Waals surface area contributed by atoms with Crippen molar-refractivity contribution in [3.05, 3.63) is 24.3 Å². The highest BCUT2D eigenvalue weighted by atomic mass is 32.2. The highest BCUT2D eigenvalue weighted by Crippen LogP contribution is 2.23. The van der Waals surface area contributed by atoms with Crippen LogP contribution in [0, 0.1) is 0 Å². The third-order valence-corrected chi connectivity index (χ3v) is 4.34. The van der Waals surface area contributed by atoms with E-state index in [2.05, 4.69) is 16.8 Å². The van der Waals surface area contributed by atoms with Crippen LogP contribution in [-0.2, 0) is 4.79 Å². The predicted molar refractivity (Wildman–Crippen MR) is 81.5 cm³/mol. The lowest BCUT2D eigenvalue weighted by molar-refractivity contribution is -0.127. The van der Waals surface area contributed by atoms with Gasteiger partial charge in [-0.2, -0.15) is 0 Å². The zero-order valence-corrected chi connectivity index (χ0v) is 12.4. The van der Waals surface area contributed by atoms with Crippen LogP contribution in [0.4, 0.5) is 0 Å². The number of carbonyl (C=O) groups is 1. The maximum Gasteiger partial charge on any atom is 0.246 e. The molecule has 1 saturated heterocycles. The van der Waals surface area contributed by atoms with E-state index in [9.17, 15) is 4.79 Å². The summed E-state index contributed by atoms with van der Waals surface area (Å²) < 4.78 is 0. The van der Waals surface area contributed by atoms with Gasteiger partial charge in [-0.05, 0) is 6.92 Å². The van der Waals surface area contributed by atoms with Crippen LogP contribution in [0.25, 0.3) is 0 Å². The topological polar surface area (TPSA) is 35.9 Å². The lowest BCUT2D eigenvalue weighted by atomic mass is 10.3. The summed E-state index contributed by atoms with van der Waals surface area (Å²) in [4.78, 5) is 20.7. The molecule has 0 saturated carbocycles. The quantitative estimate of drug-likeness (QED) is 0.571. The van der Waals surface area contributed by atoms with Gasteiger partial charge in [0, 0.05) is 37.5 Å². The minimum Gasteiger partial charge on any atom is -0.348 e. The molecule has 0 radical (unpaired) electrons. The Bertz CT molecular complexity index is 409. The van der Waals surface area contributed by atoms with Crippen molar-refractivity contribution >= 4 is 22.8 Å². The first-order valence-corrected chi connectivity index (χ1v) is 7.63. The second-order valence-electron chi connectivity index (χ2n) is 4.75. The van der Waals surface area contributed by atoms with Gasteiger partial charge in [0.25, 0.3) is 0 Å². The van der Waals surface area contributed by atoms with Gasteiger partial charge in [0.1, 0.15) is 0 Å². The Kier molecular flexibility index (Phi) is 5.07. The van der Waals surface area contributed by atoms with Crippen LogP contribution >= 0.6 is 11.8 Å². The lowest BCUT2D eigenvalue weighted by Gasteiger charge is -2.35. The molecule has 5 heteroatoms. The smallest absolute Gasteiger partial charge is 0.246 e. The summed E-state index contributed by atoms with van der Waals surface area (Å²) in [5, 5.41) is 1.75. The van der Waals surface area contributed by atoms with E-state index < -0.39 is 0 Å². The van der Waals surface area contributed by atoms with Crippen molar-refractivity contribution in [2.45, 2.75) is 19.1 Å². The fourth-order valence-corrected chi connectivity index (χ4v) is 3.10. The molecule has 0 unspecified atom stereocenters. The number of hydrogen-bond donors (Lipinski definition) is 0. The molecule has 0 bridgehead atoms. The van der Waals surface area contributed by atoms with Crippen molar-refractivity contribution in [3.63, 3.8) is 0 Å². The standard InChI is InChI=1S/C14H21N3OS/c1-3-4-5-6-13(18)16-7-9-17(10-8-16)14-15-11-12(2)19-14/h3-6,12H,7-11H2,1-2H3/b4-3+,6-5-/t12-/m0/s1. The van der Waals surface area contributed by atoms with E-state index in [1.807, 2.05) is 35.7 Å². The second-order valence-corrected chi connectivity index (χ2v) is 6.15. The predicted octanol–water partition coefficient (Wildman–Crippen LogP) is 1.75. The second kappa shape index (κ2) is 6.80. The molecule has 1 amide bonds. The zero-order chi connectivity index (χ0) is 13.7. The van der Waals surface area contributed by atoms with Crippen molar-refractivity contribution < 1.29 is 4.79 Å². The third kappa shape index (κ3) is 3.86. The Morgan fingerprint density at radius 2 is 2.05 bits per heavy atom. The van der Waals surface area contributed by atoms with Crippen LogP contribution in [-0.4, -0.2) is 58.8 Å². The molecule has 1 atom stereocenters. The minimum atomic E-state index is 0.104. The molecule has 0 aromatic carbocycles. The Balaban J connectivity index is 1.81. The SMILES string of the molecule is C/C=C/C=C\C(=O)N1CCN(C2=NC[C@H](C)S2)CC1. The van der Waals surface area contributed by atoms with E-state index in [0.717, 1.165) is 37.9 Å². The number of amidine groups is 1. The van der Waals surface area contributed by atoms with E-state index in [-0.39, 0.29) is 5.91 Å². The summed E-state index contributed by atoms with van der Waals surface area (Å²) in [6.45, 7) is 8.41. The Morgan fingerprint density at radius 1 is 1.32 bits per heavy atom. The van der Waals surface area contributed by atoms with Gasteiger partial charge >= 0.3 is 0 Å². The lowest BCUT2D eigenvalue weighted by Crippen LogP contribution is -2.49. The molecule has 0 spiro atoms. The summed E-state index contributed by atoms with van der Waals surface area (Å²) in [6, 6.07) is 0. The highest BCUT2D eigenvalue weighted by Gasteiger charge is 2.25. The fraction of sp³-hybridized carbons (Fsp3) is 0.571. The van der Waals surface area contributed by atoms with Crippen LogP contribution in [0.2, 0.25) is 0 Å². The van der Waals surface area contributed by atoms with Crippen molar-refractivity contribution in [1.82, 2.24) is 9.80 Å². The van der Waals surface area contributed by atoms with Gasteiger partial charge in [-0.25, -0.2) is 0 Å². The molecule has 104 valence electrons. The maximum absolute atomic E-state index is 11.9. The van der Waals surface area contributed by atoms with Crippen LogP contribution in [0.5, 0.6) is 0 Å². The number of allylic oxidation sites excluding steroid dienone is 3. The normalized spacial score (nSPS) is 24.5. The number of aliphatic imine (C=N–C) groups is 1. The number of nitrogens with zero attached hydrogens (tertiary/aromatic N) is 3. The van der Waals surface area contributed by atoms with Crippen molar-refractivity contribution in [2.75, 3.05) is 32.7 Å². The molecule has 1 fully saturated rings. The first kappa shape index (κ1) is 14.2. The molecule has 0 N–H and O–H groups in total. The number of rotatable bonds is 2. The molecule has 2 heterocycles. The molecule has 2 aliphatic rings. The van der Waals surface area contributed by atoms with Crippen LogP contribution in [0.1, 0.15) is 13.8 Å². The average molecular weight is 279 g/mol. The molecule has 2 aliphatic heterocycles. The van der Waals surface area contributed by atoms with E-state index in [1.54, 1.807) is 12.2 Å². The third-order valence-electron chi connectivity index (χ3n) is 3.19. The Labute approximate surface area is 119 Å². The zero-order valence-electron chi connectivity index (χ0n) is 11.6. The van der Waals surface area contributed by atoms with Crippen LogP contribution in [0.15, 0.2) is 29.3 Å². The summed E-state index contributed by atoms with van der Waals surface area (Å²) in [6.07, 6.45) is 7.23. The number of piperazine rings is 1. The van der Waals surface area contributed by atoms with E-state index in [4.69, 9.17) is 0 Å². The van der Waals surface area contributed by atoms with Crippen molar-refractivity contribution in [1.29, 1.82) is 0 Å². The number of hydrogen-bond acceptors (Lipinski definition) is 4. The van der Waals surface area contributed by atoms with Crippen LogP contribution < -0.4 is 0 Å². The molecule has 0 aliphatic carbocycles. The van der Waals surface area contributed by atoms with Gasteiger partial charge in [0.05, 0.1) is 6.54 Å². The average Bonchev–Trinajstić information content (AvgIpc) is 2.86. The maximum atomic E-state index is 11.9. The van der Waals surface area contributed by atoms with E-state index >= 15 is 0 Å². The Hall–Kier alpha value is -1.23. The summed E-state index contributed by atoms with van der Waals surface area (Å²) in [5.74, 6) is 0.104. The molecule has 2 rings (SSSR count). The number of thioether (sulfide) groups is 1. The Morgan fingerprint density at radius 3 is 2.63 bits per heavy atom. The van der Waals surface area contributed by atoms with Crippen molar-refractivity contribution in [3.8, 4) is 0 Å². The van der Waals surface area contributed by atoms with Gasteiger partial charge < -0.3 is 9.80 Å². The van der Waals surface area contributed by atoms with E-state index in [0.29, 0.717) is 5.25 Å². The minimum absolute atomic E-state index is 0.104. The molecular weight excluding hydrogens is 258 g/mol. The largest absolute Gasteiger partial charge is 0.348 e. The van der Waals surface area contributed by atoms with Gasteiger partial charge in [0.2, 0.25) is 5.91 Å². The monoisotopic (exact) mass is 279 g/mol. The molecule has 4 nitrogen and oxygen atoms in total. The summed E-state index contributed by atoms with van der Waals surface area (Å²) in [5.41, 5.74) is 0. The summed E-state index contributed by atoms with van der Waals surface area (Å²) >= 11 is 1.85. The molecule has 19 heavy (non-hydrogen) atoms. The van der Waals surface area contributed by atoms with Crippen LogP contribution in [0.3, 0.4) is 0 Å². The first-order chi connectivity index (χ1) is 9.20. The highest BCUT2D eigenvalue weighted by molar-refractivity contribution is 8.14. The summed E-state index contributed by atoms with van der Waals surface area (Å²) in [7, 11) is 0. The molecule has 0 aromatic heterocycles. The number of carbonyl (C=O) groups excluding carboxylic acids is 1. The van der Waals surface area contributed by atoms with E-state index in [1.165, 1.54) is 0 Å². The molecule has 0 aromatic rings. The first-order valence-electron chi connectivity index (χ1n) is 6.75. The van der Waals surface area contributed by atoms with Gasteiger partial charge in [-0.15, -0.1) is 0 Å². The molecular formula is C14H21N3OS.